The Bertz CT molecular complexity index is 463. The first-order valence-electron chi connectivity index (χ1n) is 4.16. The van der Waals surface area contributed by atoms with Crippen molar-refractivity contribution < 1.29 is 8.78 Å². The molecule has 0 amide bonds. The van der Waals surface area contributed by atoms with Gasteiger partial charge in [0.15, 0.2) is 0 Å². The van der Waals surface area contributed by atoms with Crippen LogP contribution in [-0.2, 0) is 5.92 Å². The van der Waals surface area contributed by atoms with E-state index in [9.17, 15) is 8.78 Å². The van der Waals surface area contributed by atoms with E-state index in [4.69, 9.17) is 0 Å². The zero-order valence-corrected chi connectivity index (χ0v) is 7.54. The summed E-state index contributed by atoms with van der Waals surface area (Å²) in [5.74, 6) is -2.89. The van der Waals surface area contributed by atoms with E-state index in [-0.39, 0.29) is 5.69 Å². The van der Waals surface area contributed by atoms with Crippen molar-refractivity contribution in [1.82, 2.24) is 9.97 Å². The Labute approximate surface area is 79.6 Å². The molecule has 0 aliphatic heterocycles. The van der Waals surface area contributed by atoms with Crippen LogP contribution in [0.3, 0.4) is 0 Å². The second-order valence-electron chi connectivity index (χ2n) is 3.15. The number of fused-ring (bicyclic) bond motifs is 1. The monoisotopic (exact) mass is 194 g/mol. The molecule has 2 nitrogen and oxygen atoms in total. The van der Waals surface area contributed by atoms with Crippen LogP contribution >= 0.6 is 0 Å². The highest BCUT2D eigenvalue weighted by atomic mass is 19.3. The molecule has 0 bridgehead atoms. The fourth-order valence-electron chi connectivity index (χ4n) is 1.21. The molecule has 0 saturated carbocycles. The summed E-state index contributed by atoms with van der Waals surface area (Å²) in [6.07, 6.45) is 3.13. The first-order chi connectivity index (χ1) is 6.57. The van der Waals surface area contributed by atoms with Crippen LogP contribution in [0.25, 0.3) is 10.9 Å². The zero-order chi connectivity index (χ0) is 10.2. The molecule has 0 aliphatic rings. The van der Waals surface area contributed by atoms with Crippen molar-refractivity contribution in [3.63, 3.8) is 0 Å². The number of aromatic nitrogens is 2. The molecule has 0 atom stereocenters. The van der Waals surface area contributed by atoms with E-state index in [0.29, 0.717) is 5.52 Å². The van der Waals surface area contributed by atoms with Crippen LogP contribution in [0.2, 0.25) is 0 Å². The van der Waals surface area contributed by atoms with Crippen LogP contribution in [0, 0.1) is 0 Å². The third-order valence-corrected chi connectivity index (χ3v) is 1.94. The quantitative estimate of drug-likeness (QED) is 0.697. The van der Waals surface area contributed by atoms with E-state index < -0.39 is 5.92 Å². The van der Waals surface area contributed by atoms with E-state index >= 15 is 0 Å². The summed E-state index contributed by atoms with van der Waals surface area (Å²) < 4.78 is 25.8. The number of halogens is 2. The SMILES string of the molecule is CC(F)(F)c1ccc2cnccc2n1. The van der Waals surface area contributed by atoms with E-state index in [2.05, 4.69) is 9.97 Å². The van der Waals surface area contributed by atoms with E-state index in [1.54, 1.807) is 18.3 Å². The Morgan fingerprint density at radius 3 is 2.71 bits per heavy atom. The van der Waals surface area contributed by atoms with Crippen LogP contribution in [0.4, 0.5) is 8.78 Å². The molecule has 0 aliphatic carbocycles. The smallest absolute Gasteiger partial charge is 0.264 e. The van der Waals surface area contributed by atoms with Gasteiger partial charge in [-0.2, -0.15) is 8.78 Å². The number of hydrogen-bond donors (Lipinski definition) is 0. The largest absolute Gasteiger partial charge is 0.286 e. The van der Waals surface area contributed by atoms with Crippen molar-refractivity contribution in [3.05, 3.63) is 36.3 Å². The summed E-state index contributed by atoms with van der Waals surface area (Å²) in [6.45, 7) is 0.836. The Balaban J connectivity index is 2.63. The second-order valence-corrected chi connectivity index (χ2v) is 3.15. The third-order valence-electron chi connectivity index (χ3n) is 1.94. The van der Waals surface area contributed by atoms with Crippen molar-refractivity contribution in [2.45, 2.75) is 12.8 Å². The molecular formula is C10H8F2N2. The maximum Gasteiger partial charge on any atom is 0.286 e. The average Bonchev–Trinajstić information content (AvgIpc) is 2.16. The lowest BCUT2D eigenvalue weighted by Gasteiger charge is -2.09. The molecule has 0 saturated heterocycles. The van der Waals surface area contributed by atoms with Gasteiger partial charge in [0.2, 0.25) is 0 Å². The van der Waals surface area contributed by atoms with Gasteiger partial charge in [-0.1, -0.05) is 0 Å². The first kappa shape index (κ1) is 8.99. The van der Waals surface area contributed by atoms with Crippen LogP contribution in [0.15, 0.2) is 30.6 Å². The van der Waals surface area contributed by atoms with Crippen molar-refractivity contribution in [3.8, 4) is 0 Å². The van der Waals surface area contributed by atoms with E-state index in [0.717, 1.165) is 12.3 Å². The Morgan fingerprint density at radius 1 is 1.21 bits per heavy atom. The molecule has 0 aromatic carbocycles. The molecule has 2 heterocycles. The number of hydrogen-bond acceptors (Lipinski definition) is 2. The predicted octanol–water partition coefficient (Wildman–Crippen LogP) is 2.74. The van der Waals surface area contributed by atoms with Crippen molar-refractivity contribution in [2.24, 2.45) is 0 Å². The van der Waals surface area contributed by atoms with Crippen LogP contribution in [-0.4, -0.2) is 9.97 Å². The Hall–Kier alpha value is -1.58. The van der Waals surface area contributed by atoms with Gasteiger partial charge in [-0.05, 0) is 18.2 Å². The standard InChI is InChI=1S/C10H8F2N2/c1-10(11,12)9-3-2-7-6-13-5-4-8(7)14-9/h2-6H,1H3. The van der Waals surface area contributed by atoms with Gasteiger partial charge in [-0.3, -0.25) is 4.98 Å². The lowest BCUT2D eigenvalue weighted by atomic mass is 10.2. The maximum atomic E-state index is 12.9. The fraction of sp³-hybridized carbons (Fsp3) is 0.200. The first-order valence-corrected chi connectivity index (χ1v) is 4.16. The molecule has 4 heteroatoms. The molecule has 0 spiro atoms. The van der Waals surface area contributed by atoms with E-state index in [1.165, 1.54) is 12.3 Å². The van der Waals surface area contributed by atoms with Gasteiger partial charge in [0.25, 0.3) is 5.92 Å². The van der Waals surface area contributed by atoms with Crippen molar-refractivity contribution in [2.75, 3.05) is 0 Å². The predicted molar refractivity (Wildman–Crippen MR) is 49.1 cm³/mol. The highest BCUT2D eigenvalue weighted by Crippen LogP contribution is 2.26. The Morgan fingerprint density at radius 2 is 2.00 bits per heavy atom. The summed E-state index contributed by atoms with van der Waals surface area (Å²) in [5, 5.41) is 0.764. The zero-order valence-electron chi connectivity index (χ0n) is 7.54. The van der Waals surface area contributed by atoms with Crippen LogP contribution in [0.5, 0.6) is 0 Å². The molecule has 0 N–H and O–H groups in total. The van der Waals surface area contributed by atoms with Crippen molar-refractivity contribution in [1.29, 1.82) is 0 Å². The molecule has 0 radical (unpaired) electrons. The lowest BCUT2D eigenvalue weighted by Crippen LogP contribution is -2.09. The Kier molecular flexibility index (Phi) is 1.91. The normalized spacial score (nSPS) is 11.9. The van der Waals surface area contributed by atoms with Crippen LogP contribution in [0.1, 0.15) is 12.6 Å². The van der Waals surface area contributed by atoms with Gasteiger partial charge in [0.05, 0.1) is 5.52 Å². The summed E-state index contributed by atoms with van der Waals surface area (Å²) in [5.41, 5.74) is 0.329. The molecule has 2 aromatic heterocycles. The fourth-order valence-corrected chi connectivity index (χ4v) is 1.21. The number of alkyl halides is 2. The van der Waals surface area contributed by atoms with Gasteiger partial charge >= 0.3 is 0 Å². The highest BCUT2D eigenvalue weighted by molar-refractivity contribution is 5.77. The van der Waals surface area contributed by atoms with Crippen molar-refractivity contribution >= 4 is 10.9 Å². The van der Waals surface area contributed by atoms with E-state index in [1.807, 2.05) is 0 Å². The molecule has 0 unspecified atom stereocenters. The molecule has 0 fully saturated rings. The minimum atomic E-state index is -2.89. The highest BCUT2D eigenvalue weighted by Gasteiger charge is 2.25. The third kappa shape index (κ3) is 1.55. The number of pyridine rings is 2. The van der Waals surface area contributed by atoms with Gasteiger partial charge in [0.1, 0.15) is 5.69 Å². The molecule has 2 rings (SSSR count). The maximum absolute atomic E-state index is 12.9. The number of rotatable bonds is 1. The minimum Gasteiger partial charge on any atom is -0.264 e. The molecular weight excluding hydrogens is 186 g/mol. The van der Waals surface area contributed by atoms with Crippen LogP contribution < -0.4 is 0 Å². The summed E-state index contributed by atoms with van der Waals surface area (Å²) in [4.78, 5) is 7.73. The average molecular weight is 194 g/mol. The van der Waals surface area contributed by atoms with Gasteiger partial charge in [0, 0.05) is 24.7 Å². The van der Waals surface area contributed by atoms with Gasteiger partial charge in [-0.25, -0.2) is 4.98 Å². The second kappa shape index (κ2) is 2.97. The summed E-state index contributed by atoms with van der Waals surface area (Å²) >= 11 is 0. The van der Waals surface area contributed by atoms with Gasteiger partial charge < -0.3 is 0 Å². The minimum absolute atomic E-state index is 0.212. The summed E-state index contributed by atoms with van der Waals surface area (Å²) in [6, 6.07) is 4.54. The summed E-state index contributed by atoms with van der Waals surface area (Å²) in [7, 11) is 0. The molecule has 14 heavy (non-hydrogen) atoms. The lowest BCUT2D eigenvalue weighted by molar-refractivity contribution is 0.0131. The molecule has 2 aromatic rings. The number of nitrogens with zero attached hydrogens (tertiary/aromatic N) is 2. The molecule has 72 valence electrons. The van der Waals surface area contributed by atoms with Gasteiger partial charge in [-0.15, -0.1) is 0 Å². The topological polar surface area (TPSA) is 25.8 Å².